The van der Waals surface area contributed by atoms with Crippen molar-refractivity contribution in [2.45, 2.75) is 52.6 Å². The van der Waals surface area contributed by atoms with Crippen molar-refractivity contribution < 1.29 is 4.79 Å². The van der Waals surface area contributed by atoms with E-state index in [1.807, 2.05) is 18.2 Å². The van der Waals surface area contributed by atoms with Crippen LogP contribution >= 0.6 is 0 Å². The Morgan fingerprint density at radius 2 is 1.86 bits per heavy atom. The van der Waals surface area contributed by atoms with Gasteiger partial charge in [0.25, 0.3) is 5.56 Å². The number of hydrogen-bond acceptors (Lipinski definition) is 4. The van der Waals surface area contributed by atoms with Gasteiger partial charge in [0.2, 0.25) is 5.91 Å². The van der Waals surface area contributed by atoms with E-state index in [0.29, 0.717) is 24.3 Å². The van der Waals surface area contributed by atoms with Gasteiger partial charge in [0.15, 0.2) is 0 Å². The molecule has 0 unspecified atom stereocenters. The predicted molar refractivity (Wildman–Crippen MR) is 112 cm³/mol. The first kappa shape index (κ1) is 19.4. The molecule has 0 bridgehead atoms. The van der Waals surface area contributed by atoms with E-state index in [1.54, 1.807) is 18.7 Å². The summed E-state index contributed by atoms with van der Waals surface area (Å²) in [5.41, 5.74) is 3.12. The molecule has 29 heavy (non-hydrogen) atoms. The molecule has 3 aromatic rings. The zero-order chi connectivity index (χ0) is 20.9. The van der Waals surface area contributed by atoms with E-state index >= 15 is 0 Å². The Balaban J connectivity index is 1.54. The SMILES string of the molecule is Cc1ncn(CC(=O)N2CC(n3c(C(C)(C)C)nc4ccccc43)C2)c(=O)c1C. The molecule has 0 N–H and O–H groups in total. The molecule has 1 aromatic carbocycles. The van der Waals surface area contributed by atoms with Gasteiger partial charge in [-0.2, -0.15) is 0 Å². The van der Waals surface area contributed by atoms with Crippen molar-refractivity contribution in [3.63, 3.8) is 0 Å². The minimum absolute atomic E-state index is 0.0243. The maximum absolute atomic E-state index is 12.7. The number of rotatable bonds is 3. The van der Waals surface area contributed by atoms with E-state index in [2.05, 4.69) is 36.4 Å². The molecule has 7 nitrogen and oxygen atoms in total. The molecule has 7 heteroatoms. The summed E-state index contributed by atoms with van der Waals surface area (Å²) < 4.78 is 3.67. The Hall–Kier alpha value is -2.96. The molecule has 0 saturated carbocycles. The van der Waals surface area contributed by atoms with E-state index in [0.717, 1.165) is 16.9 Å². The quantitative estimate of drug-likeness (QED) is 0.686. The standard InChI is InChI=1S/C22H27N5O2/c1-14-15(2)23-13-26(20(14)29)12-19(28)25-10-16(11-25)27-18-9-7-6-8-17(18)24-21(27)22(3,4)5/h6-9,13,16H,10-12H2,1-5H3. The fraction of sp³-hybridized carbons (Fsp3) is 0.455. The van der Waals surface area contributed by atoms with Crippen LogP contribution in [-0.4, -0.2) is 43.0 Å². The second kappa shape index (κ2) is 6.83. The van der Waals surface area contributed by atoms with Crippen LogP contribution in [0.2, 0.25) is 0 Å². The fourth-order valence-electron chi connectivity index (χ4n) is 3.80. The van der Waals surface area contributed by atoms with Gasteiger partial charge in [0.05, 0.1) is 23.4 Å². The predicted octanol–water partition coefficient (Wildman–Crippen LogP) is 2.59. The number of carbonyl (C=O) groups is 1. The van der Waals surface area contributed by atoms with Gasteiger partial charge in [0.1, 0.15) is 12.4 Å². The van der Waals surface area contributed by atoms with Crippen molar-refractivity contribution in [3.05, 3.63) is 58.0 Å². The average molecular weight is 393 g/mol. The summed E-state index contributed by atoms with van der Waals surface area (Å²) in [5.74, 6) is 0.973. The molecular formula is C22H27N5O2. The van der Waals surface area contributed by atoms with Crippen molar-refractivity contribution in [2.24, 2.45) is 0 Å². The maximum atomic E-state index is 12.7. The van der Waals surface area contributed by atoms with E-state index in [1.165, 1.54) is 10.9 Å². The Bertz CT molecular complexity index is 1150. The number of likely N-dealkylation sites (tertiary alicyclic amines) is 1. The van der Waals surface area contributed by atoms with Crippen LogP contribution < -0.4 is 5.56 Å². The van der Waals surface area contributed by atoms with Crippen LogP contribution in [0.3, 0.4) is 0 Å². The van der Waals surface area contributed by atoms with Crippen molar-refractivity contribution in [1.82, 2.24) is 24.0 Å². The molecule has 4 rings (SSSR count). The van der Waals surface area contributed by atoms with Gasteiger partial charge in [-0.25, -0.2) is 9.97 Å². The van der Waals surface area contributed by atoms with Crippen molar-refractivity contribution in [1.29, 1.82) is 0 Å². The zero-order valence-corrected chi connectivity index (χ0v) is 17.6. The highest BCUT2D eigenvalue weighted by Crippen LogP contribution is 2.33. The summed E-state index contributed by atoms with van der Waals surface area (Å²) in [4.78, 5) is 35.9. The second-order valence-corrected chi connectivity index (χ2v) is 8.88. The number of nitrogens with zero attached hydrogens (tertiary/aromatic N) is 5. The number of fused-ring (bicyclic) bond motifs is 1. The summed E-state index contributed by atoms with van der Waals surface area (Å²) in [6, 6.07) is 8.32. The lowest BCUT2D eigenvalue weighted by atomic mass is 9.94. The third-order valence-electron chi connectivity index (χ3n) is 5.67. The molecular weight excluding hydrogens is 366 g/mol. The lowest BCUT2D eigenvalue weighted by molar-refractivity contribution is -0.137. The van der Waals surface area contributed by atoms with Gasteiger partial charge in [0, 0.05) is 29.8 Å². The van der Waals surface area contributed by atoms with Crippen LogP contribution in [0.4, 0.5) is 0 Å². The highest BCUT2D eigenvalue weighted by molar-refractivity contribution is 5.78. The van der Waals surface area contributed by atoms with Gasteiger partial charge in [-0.3, -0.25) is 14.2 Å². The van der Waals surface area contributed by atoms with E-state index in [4.69, 9.17) is 4.98 Å². The Labute approximate surface area is 170 Å². The van der Waals surface area contributed by atoms with Crippen LogP contribution in [0.1, 0.15) is 43.9 Å². The largest absolute Gasteiger partial charge is 0.337 e. The smallest absolute Gasteiger partial charge is 0.256 e. The third kappa shape index (κ3) is 3.34. The highest BCUT2D eigenvalue weighted by Gasteiger charge is 2.36. The van der Waals surface area contributed by atoms with Crippen LogP contribution in [0.25, 0.3) is 11.0 Å². The number of carbonyl (C=O) groups excluding carboxylic acids is 1. The first-order valence-electron chi connectivity index (χ1n) is 9.94. The topological polar surface area (TPSA) is 73.0 Å². The monoisotopic (exact) mass is 393 g/mol. The van der Waals surface area contributed by atoms with Gasteiger partial charge in [-0.1, -0.05) is 32.9 Å². The lowest BCUT2D eigenvalue weighted by Gasteiger charge is -2.42. The Morgan fingerprint density at radius 3 is 2.55 bits per heavy atom. The van der Waals surface area contributed by atoms with E-state index in [-0.39, 0.29) is 29.5 Å². The fourth-order valence-corrected chi connectivity index (χ4v) is 3.80. The molecule has 1 aliphatic heterocycles. The number of aryl methyl sites for hydroxylation is 1. The molecule has 0 radical (unpaired) electrons. The lowest BCUT2D eigenvalue weighted by Crippen LogP contribution is -2.52. The van der Waals surface area contributed by atoms with Gasteiger partial charge in [-0.05, 0) is 26.0 Å². The average Bonchev–Trinajstić information content (AvgIpc) is 3.01. The first-order chi connectivity index (χ1) is 13.7. The maximum Gasteiger partial charge on any atom is 0.256 e. The summed E-state index contributed by atoms with van der Waals surface area (Å²) in [5, 5.41) is 0. The normalized spacial score (nSPS) is 15.0. The molecule has 0 atom stereocenters. The Morgan fingerprint density at radius 1 is 1.17 bits per heavy atom. The minimum atomic E-state index is -0.154. The molecule has 1 fully saturated rings. The van der Waals surface area contributed by atoms with Crippen LogP contribution in [0.5, 0.6) is 0 Å². The van der Waals surface area contributed by atoms with Crippen molar-refractivity contribution in [2.75, 3.05) is 13.1 Å². The minimum Gasteiger partial charge on any atom is -0.337 e. The molecule has 1 amide bonds. The highest BCUT2D eigenvalue weighted by atomic mass is 16.2. The summed E-state index contributed by atoms with van der Waals surface area (Å²) in [7, 11) is 0. The Kier molecular flexibility index (Phi) is 4.56. The molecule has 3 heterocycles. The van der Waals surface area contributed by atoms with Crippen molar-refractivity contribution >= 4 is 16.9 Å². The van der Waals surface area contributed by atoms with Gasteiger partial charge < -0.3 is 9.47 Å². The molecule has 0 spiro atoms. The summed E-state index contributed by atoms with van der Waals surface area (Å²) in [6.07, 6.45) is 1.46. The molecule has 1 aliphatic rings. The van der Waals surface area contributed by atoms with Gasteiger partial charge in [-0.15, -0.1) is 0 Å². The zero-order valence-electron chi connectivity index (χ0n) is 17.6. The number of hydrogen-bond donors (Lipinski definition) is 0. The molecule has 152 valence electrons. The molecule has 2 aromatic heterocycles. The third-order valence-corrected chi connectivity index (χ3v) is 5.67. The van der Waals surface area contributed by atoms with Crippen LogP contribution in [-0.2, 0) is 16.8 Å². The molecule has 0 aliphatic carbocycles. The summed E-state index contributed by atoms with van der Waals surface area (Å²) in [6.45, 7) is 11.3. The van der Waals surface area contributed by atoms with Crippen molar-refractivity contribution in [3.8, 4) is 0 Å². The first-order valence-corrected chi connectivity index (χ1v) is 9.94. The number of para-hydroxylation sites is 2. The number of amides is 1. The van der Waals surface area contributed by atoms with E-state index in [9.17, 15) is 9.59 Å². The van der Waals surface area contributed by atoms with Gasteiger partial charge >= 0.3 is 0 Å². The number of imidazole rings is 1. The number of benzene rings is 1. The van der Waals surface area contributed by atoms with E-state index < -0.39 is 0 Å². The summed E-state index contributed by atoms with van der Waals surface area (Å²) >= 11 is 0. The second-order valence-electron chi connectivity index (χ2n) is 8.88. The van der Waals surface area contributed by atoms with Crippen LogP contribution in [0, 0.1) is 13.8 Å². The molecule has 1 saturated heterocycles. The van der Waals surface area contributed by atoms with Crippen LogP contribution in [0.15, 0.2) is 35.4 Å². The number of aromatic nitrogens is 4.